The molecule has 1 aliphatic rings. The highest BCUT2D eigenvalue weighted by Gasteiger charge is 2.32. The maximum Gasteiger partial charge on any atom is 0.255 e. The summed E-state index contributed by atoms with van der Waals surface area (Å²) in [4.78, 5) is 14.3. The molecule has 0 aliphatic carbocycles. The van der Waals surface area contributed by atoms with Crippen LogP contribution in [0.4, 0.5) is 0 Å². The monoisotopic (exact) mass is 384 g/mol. The first kappa shape index (κ1) is 14.5. The van der Waals surface area contributed by atoms with Gasteiger partial charge < -0.3 is 4.90 Å². The molecular weight excluding hydrogens is 372 g/mol. The Kier molecular flexibility index (Phi) is 4.32. The highest BCUT2D eigenvalue weighted by molar-refractivity contribution is 9.11. The first-order chi connectivity index (χ1) is 8.95. The third kappa shape index (κ3) is 3.18. The summed E-state index contributed by atoms with van der Waals surface area (Å²) in [5.41, 5.74) is 0.376. The largest absolute Gasteiger partial charge is 0.339 e. The van der Waals surface area contributed by atoms with Crippen LogP contribution in [0.3, 0.4) is 0 Å². The van der Waals surface area contributed by atoms with E-state index < -0.39 is 0 Å². The van der Waals surface area contributed by atoms with Crippen molar-refractivity contribution in [3.8, 4) is 6.07 Å². The van der Waals surface area contributed by atoms with E-state index in [1.807, 2.05) is 30.0 Å². The third-order valence-electron chi connectivity index (χ3n) is 3.58. The fourth-order valence-electron chi connectivity index (χ4n) is 2.15. The molecule has 3 nitrogen and oxygen atoms in total. The highest BCUT2D eigenvalue weighted by Crippen LogP contribution is 2.31. The van der Waals surface area contributed by atoms with Gasteiger partial charge in [-0.2, -0.15) is 5.26 Å². The fraction of sp³-hybridized carbons (Fsp3) is 0.429. The zero-order valence-corrected chi connectivity index (χ0v) is 13.8. The lowest BCUT2D eigenvalue weighted by atomic mass is 9.82. The van der Waals surface area contributed by atoms with Crippen LogP contribution in [0, 0.1) is 16.7 Å². The second kappa shape index (κ2) is 5.64. The predicted octanol–water partition coefficient (Wildman–Crippen LogP) is 3.98. The molecule has 0 atom stereocenters. The lowest BCUT2D eigenvalue weighted by molar-refractivity contribution is 0.0660. The number of halogens is 2. The van der Waals surface area contributed by atoms with Crippen LogP contribution in [0.25, 0.3) is 0 Å². The van der Waals surface area contributed by atoms with Crippen molar-refractivity contribution >= 4 is 37.8 Å². The summed E-state index contributed by atoms with van der Waals surface area (Å²) in [6.45, 7) is 3.24. The fourth-order valence-corrected chi connectivity index (χ4v) is 2.92. The maximum absolute atomic E-state index is 12.5. The number of nitriles is 1. The predicted molar refractivity (Wildman–Crippen MR) is 80.7 cm³/mol. The van der Waals surface area contributed by atoms with Gasteiger partial charge in [-0.05, 0) is 53.9 Å². The number of hydrogen-bond donors (Lipinski definition) is 0. The van der Waals surface area contributed by atoms with Crippen molar-refractivity contribution in [2.45, 2.75) is 19.8 Å². The Hall–Kier alpha value is -0.860. The minimum Gasteiger partial charge on any atom is -0.339 e. The van der Waals surface area contributed by atoms with Crippen LogP contribution in [0.15, 0.2) is 27.1 Å². The molecule has 1 aliphatic heterocycles. The summed E-state index contributed by atoms with van der Waals surface area (Å²) in [6, 6.07) is 7.92. The number of benzene rings is 1. The minimum absolute atomic E-state index is 0.0214. The standard InChI is InChI=1S/C14H14Br2N2O/c1-14(9-17)4-6-18(7-5-14)13(19)11-8-10(15)2-3-12(11)16/h2-3,8H,4-7H2,1H3. The molecule has 1 fully saturated rings. The smallest absolute Gasteiger partial charge is 0.255 e. The quantitative estimate of drug-likeness (QED) is 0.733. The number of rotatable bonds is 1. The van der Waals surface area contributed by atoms with E-state index in [1.54, 1.807) is 0 Å². The van der Waals surface area contributed by atoms with Gasteiger partial charge in [-0.3, -0.25) is 4.79 Å². The molecule has 0 bridgehead atoms. The second-order valence-electron chi connectivity index (χ2n) is 5.09. The van der Waals surface area contributed by atoms with Crippen LogP contribution in [-0.4, -0.2) is 23.9 Å². The van der Waals surface area contributed by atoms with Gasteiger partial charge >= 0.3 is 0 Å². The van der Waals surface area contributed by atoms with E-state index in [9.17, 15) is 4.79 Å². The Labute approximate surface area is 129 Å². The van der Waals surface area contributed by atoms with E-state index in [4.69, 9.17) is 5.26 Å². The molecule has 1 heterocycles. The number of likely N-dealkylation sites (tertiary alicyclic amines) is 1. The van der Waals surface area contributed by atoms with Crippen LogP contribution in [0.1, 0.15) is 30.1 Å². The molecule has 0 unspecified atom stereocenters. The number of hydrogen-bond acceptors (Lipinski definition) is 2. The molecule has 0 radical (unpaired) electrons. The zero-order chi connectivity index (χ0) is 14.0. The van der Waals surface area contributed by atoms with Crippen molar-refractivity contribution in [1.29, 1.82) is 5.26 Å². The van der Waals surface area contributed by atoms with Gasteiger partial charge in [0.05, 0.1) is 17.0 Å². The number of carbonyl (C=O) groups excluding carboxylic acids is 1. The Balaban J connectivity index is 2.14. The van der Waals surface area contributed by atoms with Crippen LogP contribution < -0.4 is 0 Å². The van der Waals surface area contributed by atoms with Crippen LogP contribution in [-0.2, 0) is 0 Å². The van der Waals surface area contributed by atoms with E-state index in [-0.39, 0.29) is 11.3 Å². The van der Waals surface area contributed by atoms with Crippen molar-refractivity contribution < 1.29 is 4.79 Å². The topological polar surface area (TPSA) is 44.1 Å². The SMILES string of the molecule is CC1(C#N)CCN(C(=O)c2cc(Br)ccc2Br)CC1. The number of piperidine rings is 1. The van der Waals surface area contributed by atoms with Gasteiger partial charge in [0.15, 0.2) is 0 Å². The Bertz CT molecular complexity index is 543. The highest BCUT2D eigenvalue weighted by atomic mass is 79.9. The number of nitrogens with zero attached hydrogens (tertiary/aromatic N) is 2. The van der Waals surface area contributed by atoms with E-state index in [2.05, 4.69) is 37.9 Å². The van der Waals surface area contributed by atoms with Crippen LogP contribution in [0.2, 0.25) is 0 Å². The normalized spacial score (nSPS) is 17.9. The van der Waals surface area contributed by atoms with Gasteiger partial charge in [0.2, 0.25) is 0 Å². The van der Waals surface area contributed by atoms with Gasteiger partial charge in [0.1, 0.15) is 0 Å². The first-order valence-electron chi connectivity index (χ1n) is 6.11. The van der Waals surface area contributed by atoms with Crippen molar-refractivity contribution in [3.63, 3.8) is 0 Å². The van der Waals surface area contributed by atoms with Crippen molar-refractivity contribution in [2.24, 2.45) is 5.41 Å². The van der Waals surface area contributed by atoms with Crippen LogP contribution in [0.5, 0.6) is 0 Å². The summed E-state index contributed by atoms with van der Waals surface area (Å²) in [6.07, 6.45) is 1.47. The molecule has 0 saturated carbocycles. The van der Waals surface area contributed by atoms with Gasteiger partial charge in [0.25, 0.3) is 5.91 Å². The third-order valence-corrected chi connectivity index (χ3v) is 4.77. The second-order valence-corrected chi connectivity index (χ2v) is 6.86. The van der Waals surface area contributed by atoms with Gasteiger partial charge in [-0.1, -0.05) is 15.9 Å². The zero-order valence-electron chi connectivity index (χ0n) is 10.6. The van der Waals surface area contributed by atoms with E-state index in [0.717, 1.165) is 21.8 Å². The number of amides is 1. The van der Waals surface area contributed by atoms with Crippen molar-refractivity contribution in [3.05, 3.63) is 32.7 Å². The minimum atomic E-state index is -0.286. The number of carbonyl (C=O) groups is 1. The molecule has 2 rings (SSSR count). The first-order valence-corrected chi connectivity index (χ1v) is 7.69. The molecule has 1 aromatic rings. The lowest BCUT2D eigenvalue weighted by Crippen LogP contribution is -2.41. The Morgan fingerprint density at radius 1 is 1.37 bits per heavy atom. The summed E-state index contributed by atoms with van der Waals surface area (Å²) >= 11 is 6.80. The van der Waals surface area contributed by atoms with Gasteiger partial charge in [-0.25, -0.2) is 0 Å². The molecule has 19 heavy (non-hydrogen) atoms. The van der Waals surface area contributed by atoms with E-state index in [0.29, 0.717) is 18.7 Å². The van der Waals surface area contributed by atoms with Crippen molar-refractivity contribution in [1.82, 2.24) is 4.90 Å². The van der Waals surface area contributed by atoms with E-state index in [1.165, 1.54) is 0 Å². The Morgan fingerprint density at radius 3 is 2.58 bits per heavy atom. The molecule has 5 heteroatoms. The molecule has 0 N–H and O–H groups in total. The Morgan fingerprint density at radius 2 is 2.00 bits per heavy atom. The van der Waals surface area contributed by atoms with E-state index >= 15 is 0 Å². The molecule has 1 aromatic carbocycles. The lowest BCUT2D eigenvalue weighted by Gasteiger charge is -2.35. The molecule has 0 spiro atoms. The molecule has 1 amide bonds. The van der Waals surface area contributed by atoms with Gasteiger partial charge in [0, 0.05) is 22.0 Å². The summed E-state index contributed by atoms with van der Waals surface area (Å²) in [5.74, 6) is 0.0214. The van der Waals surface area contributed by atoms with Gasteiger partial charge in [-0.15, -0.1) is 0 Å². The molecule has 100 valence electrons. The average molecular weight is 386 g/mol. The maximum atomic E-state index is 12.5. The van der Waals surface area contributed by atoms with Crippen molar-refractivity contribution in [2.75, 3.05) is 13.1 Å². The molecule has 1 saturated heterocycles. The average Bonchev–Trinajstić information content (AvgIpc) is 2.42. The molecule has 0 aromatic heterocycles. The van der Waals surface area contributed by atoms with Crippen LogP contribution >= 0.6 is 31.9 Å². The summed E-state index contributed by atoms with van der Waals surface area (Å²) in [5, 5.41) is 9.11. The summed E-state index contributed by atoms with van der Waals surface area (Å²) < 4.78 is 1.69. The molecular formula is C14H14Br2N2O. The summed E-state index contributed by atoms with van der Waals surface area (Å²) in [7, 11) is 0.